The Bertz CT molecular complexity index is 1430. The molecule has 3 aromatic carbocycles. The van der Waals surface area contributed by atoms with Gasteiger partial charge in [-0.15, -0.1) is 0 Å². The van der Waals surface area contributed by atoms with Gasteiger partial charge in [0.15, 0.2) is 17.6 Å². The molecule has 8 heteroatoms. The maximum absolute atomic E-state index is 6.68. The van der Waals surface area contributed by atoms with Crippen LogP contribution in [0.1, 0.15) is 28.8 Å². The molecule has 3 heterocycles. The molecule has 0 aliphatic carbocycles. The number of nitrogens with one attached hydrogen (secondary N) is 1. The van der Waals surface area contributed by atoms with E-state index in [9.17, 15) is 0 Å². The Morgan fingerprint density at radius 3 is 2.59 bits per heavy atom. The van der Waals surface area contributed by atoms with Crippen LogP contribution in [0.25, 0.3) is 5.70 Å². The number of halogens is 1. The van der Waals surface area contributed by atoms with E-state index in [0.29, 0.717) is 22.5 Å². The van der Waals surface area contributed by atoms with Gasteiger partial charge in [-0.3, -0.25) is 0 Å². The molecule has 7 nitrogen and oxygen atoms in total. The van der Waals surface area contributed by atoms with Crippen molar-refractivity contribution in [2.75, 3.05) is 19.5 Å². The first kappa shape index (κ1) is 20.6. The number of hydrogen-bond donors (Lipinski definition) is 1. The van der Waals surface area contributed by atoms with Crippen LogP contribution in [0.4, 0.5) is 5.95 Å². The van der Waals surface area contributed by atoms with Gasteiger partial charge in [0.2, 0.25) is 5.95 Å². The highest BCUT2D eigenvalue weighted by Gasteiger charge is 2.41. The van der Waals surface area contributed by atoms with E-state index >= 15 is 0 Å². The molecular weight excluding hydrogens is 452 g/mol. The van der Waals surface area contributed by atoms with E-state index in [0.717, 1.165) is 33.7 Å². The molecular formula is C26H21ClN4O3. The van der Waals surface area contributed by atoms with Gasteiger partial charge < -0.3 is 19.5 Å². The highest BCUT2D eigenvalue weighted by Crippen LogP contribution is 2.51. The summed E-state index contributed by atoms with van der Waals surface area (Å²) in [5.74, 6) is 2.71. The minimum atomic E-state index is -0.443. The topological polar surface area (TPSA) is 70.4 Å². The predicted molar refractivity (Wildman–Crippen MR) is 130 cm³/mol. The second kappa shape index (κ2) is 8.11. The monoisotopic (exact) mass is 472 g/mol. The maximum atomic E-state index is 6.68. The summed E-state index contributed by atoms with van der Waals surface area (Å²) >= 11 is 6.68. The Kier molecular flexibility index (Phi) is 4.92. The van der Waals surface area contributed by atoms with Crippen LogP contribution in [-0.2, 0) is 0 Å². The van der Waals surface area contributed by atoms with Crippen molar-refractivity contribution in [3.05, 3.63) is 100 Å². The van der Waals surface area contributed by atoms with Crippen LogP contribution in [-0.4, -0.2) is 29.0 Å². The Morgan fingerprint density at radius 2 is 1.76 bits per heavy atom. The summed E-state index contributed by atoms with van der Waals surface area (Å²) in [4.78, 5) is 4.47. The molecule has 0 amide bonds. The first-order chi connectivity index (χ1) is 16.7. The number of fused-ring (bicyclic) bond motifs is 3. The van der Waals surface area contributed by atoms with Crippen molar-refractivity contribution < 1.29 is 14.2 Å². The standard InChI is InChI=1S/C26H21ClN4O3/c1-32-20-12-11-15(13-21(20)33-2)24-22-23(30-26-28-14-29-31(24)26)17-8-4-6-10-19(17)34-25(22)16-7-3-5-9-18(16)27/h3-14,24-25H,1-2H3,(H,28,29,30)/t24-,25+/m1/s1. The van der Waals surface area contributed by atoms with Gasteiger partial charge in [-0.2, -0.15) is 10.1 Å². The lowest BCUT2D eigenvalue weighted by atomic mass is 9.84. The molecule has 1 aromatic heterocycles. The minimum absolute atomic E-state index is 0.316. The van der Waals surface area contributed by atoms with Crippen molar-refractivity contribution in [1.29, 1.82) is 0 Å². The lowest BCUT2D eigenvalue weighted by molar-refractivity contribution is 0.223. The average molecular weight is 473 g/mol. The van der Waals surface area contributed by atoms with E-state index < -0.39 is 6.10 Å². The zero-order valence-corrected chi connectivity index (χ0v) is 19.3. The summed E-state index contributed by atoms with van der Waals surface area (Å²) < 4.78 is 19.5. The van der Waals surface area contributed by atoms with Crippen LogP contribution in [0, 0.1) is 0 Å². The van der Waals surface area contributed by atoms with Gasteiger partial charge in [-0.05, 0) is 35.9 Å². The largest absolute Gasteiger partial charge is 0.493 e. The van der Waals surface area contributed by atoms with Gasteiger partial charge in [0.05, 0.1) is 19.9 Å². The highest BCUT2D eigenvalue weighted by atomic mass is 35.5. The lowest BCUT2D eigenvalue weighted by Gasteiger charge is -2.39. The molecule has 1 N–H and O–H groups in total. The molecule has 0 fully saturated rings. The van der Waals surface area contributed by atoms with Crippen LogP contribution in [0.15, 0.2) is 78.6 Å². The Morgan fingerprint density at radius 1 is 0.971 bits per heavy atom. The Labute approximate surface area is 201 Å². The van der Waals surface area contributed by atoms with E-state index in [1.165, 1.54) is 0 Å². The SMILES string of the molecule is COc1ccc([C@@H]2C3=C(Nc4ncnn42)c2ccccc2O[C@H]3c2ccccc2Cl)cc1OC. The highest BCUT2D eigenvalue weighted by molar-refractivity contribution is 6.31. The predicted octanol–water partition coefficient (Wildman–Crippen LogP) is 5.51. The summed E-state index contributed by atoms with van der Waals surface area (Å²) in [6.45, 7) is 0. The molecule has 2 aliphatic rings. The molecule has 2 atom stereocenters. The number of methoxy groups -OCH3 is 2. The van der Waals surface area contributed by atoms with Crippen molar-refractivity contribution in [3.63, 3.8) is 0 Å². The Hall–Kier alpha value is -3.97. The first-order valence-corrected chi connectivity index (χ1v) is 11.2. The zero-order valence-electron chi connectivity index (χ0n) is 18.5. The van der Waals surface area contributed by atoms with Gasteiger partial charge in [0.25, 0.3) is 0 Å². The third-order valence-electron chi connectivity index (χ3n) is 6.23. The van der Waals surface area contributed by atoms with Gasteiger partial charge in [0.1, 0.15) is 18.1 Å². The maximum Gasteiger partial charge on any atom is 0.226 e. The normalized spacial score (nSPS) is 18.2. The third kappa shape index (κ3) is 3.12. The average Bonchev–Trinajstić information content (AvgIpc) is 3.35. The van der Waals surface area contributed by atoms with Crippen LogP contribution in [0.3, 0.4) is 0 Å². The van der Waals surface area contributed by atoms with Crippen molar-refractivity contribution >= 4 is 23.2 Å². The molecule has 0 saturated heterocycles. The number of nitrogens with zero attached hydrogens (tertiary/aromatic N) is 3. The van der Waals surface area contributed by atoms with E-state index in [1.54, 1.807) is 20.5 Å². The summed E-state index contributed by atoms with van der Waals surface area (Å²) in [6, 6.07) is 21.3. The van der Waals surface area contributed by atoms with Crippen molar-refractivity contribution in [2.24, 2.45) is 0 Å². The number of benzene rings is 3. The van der Waals surface area contributed by atoms with Crippen molar-refractivity contribution in [3.8, 4) is 17.2 Å². The van der Waals surface area contributed by atoms with Crippen LogP contribution in [0.5, 0.6) is 17.2 Å². The van der Waals surface area contributed by atoms with Gasteiger partial charge in [-0.25, -0.2) is 4.68 Å². The molecule has 4 aromatic rings. The summed E-state index contributed by atoms with van der Waals surface area (Å²) in [5, 5.41) is 8.69. The van der Waals surface area contributed by atoms with E-state index in [-0.39, 0.29) is 6.04 Å². The van der Waals surface area contributed by atoms with Crippen molar-refractivity contribution in [1.82, 2.24) is 14.8 Å². The van der Waals surface area contributed by atoms with Gasteiger partial charge in [0, 0.05) is 21.7 Å². The zero-order chi connectivity index (χ0) is 23.2. The molecule has 34 heavy (non-hydrogen) atoms. The number of para-hydroxylation sites is 1. The quantitative estimate of drug-likeness (QED) is 0.422. The molecule has 6 rings (SSSR count). The number of ether oxygens (including phenoxy) is 3. The van der Waals surface area contributed by atoms with E-state index in [4.69, 9.17) is 25.8 Å². The number of rotatable bonds is 4. The smallest absolute Gasteiger partial charge is 0.226 e. The number of aromatic nitrogens is 3. The number of anilines is 1. The molecule has 0 radical (unpaired) electrons. The van der Waals surface area contributed by atoms with Crippen molar-refractivity contribution in [2.45, 2.75) is 12.1 Å². The molecule has 2 aliphatic heterocycles. The molecule has 0 saturated carbocycles. The van der Waals surface area contributed by atoms with Crippen LogP contribution < -0.4 is 19.5 Å². The minimum Gasteiger partial charge on any atom is -0.493 e. The first-order valence-electron chi connectivity index (χ1n) is 10.8. The Balaban J connectivity index is 1.63. The van der Waals surface area contributed by atoms with Gasteiger partial charge in [-0.1, -0.05) is 48.0 Å². The fourth-order valence-electron chi connectivity index (χ4n) is 4.71. The summed E-state index contributed by atoms with van der Waals surface area (Å²) in [7, 11) is 3.25. The summed E-state index contributed by atoms with van der Waals surface area (Å²) in [5.41, 5.74) is 4.71. The fraction of sp³-hybridized carbons (Fsp3) is 0.154. The second-order valence-corrected chi connectivity index (χ2v) is 8.42. The molecule has 0 bridgehead atoms. The fourth-order valence-corrected chi connectivity index (χ4v) is 4.94. The molecule has 0 unspecified atom stereocenters. The van der Waals surface area contributed by atoms with E-state index in [2.05, 4.69) is 15.4 Å². The second-order valence-electron chi connectivity index (χ2n) is 8.02. The van der Waals surface area contributed by atoms with Crippen LogP contribution >= 0.6 is 11.6 Å². The van der Waals surface area contributed by atoms with Crippen LogP contribution in [0.2, 0.25) is 5.02 Å². The molecule has 170 valence electrons. The van der Waals surface area contributed by atoms with Gasteiger partial charge >= 0.3 is 0 Å². The van der Waals surface area contributed by atoms with E-state index in [1.807, 2.05) is 71.4 Å². The lowest BCUT2D eigenvalue weighted by Crippen LogP contribution is -2.32. The molecule has 0 spiro atoms. The summed E-state index contributed by atoms with van der Waals surface area (Å²) in [6.07, 6.45) is 1.10. The number of hydrogen-bond acceptors (Lipinski definition) is 6. The third-order valence-corrected chi connectivity index (χ3v) is 6.58.